The van der Waals surface area contributed by atoms with Crippen LogP contribution in [0.25, 0.3) is 0 Å². The Kier molecular flexibility index (Phi) is 6.04. The quantitative estimate of drug-likeness (QED) is 0.762. The first kappa shape index (κ1) is 19.7. The molecule has 1 aliphatic rings. The number of piperazine rings is 1. The van der Waals surface area contributed by atoms with Crippen molar-refractivity contribution in [2.45, 2.75) is 11.8 Å². The minimum absolute atomic E-state index is 0.0687. The summed E-state index contributed by atoms with van der Waals surface area (Å²) in [5.41, 5.74) is 1.05. The monoisotopic (exact) mass is 408 g/mol. The molecule has 2 aromatic rings. The second-order valence-electron chi connectivity index (χ2n) is 6.32. The van der Waals surface area contributed by atoms with Crippen molar-refractivity contribution in [1.29, 1.82) is 0 Å². The Morgan fingerprint density at radius 3 is 2.44 bits per heavy atom. The summed E-state index contributed by atoms with van der Waals surface area (Å²) in [6, 6.07) is 13.9. The Morgan fingerprint density at radius 2 is 1.78 bits per heavy atom. The van der Waals surface area contributed by atoms with Gasteiger partial charge in [-0.05, 0) is 36.8 Å². The summed E-state index contributed by atoms with van der Waals surface area (Å²) in [5, 5.41) is 0.197. The standard InChI is InChI=1S/C19H21ClN2O4S/c1-15-5-4-6-16(13-15)26-14-19(23)21-9-11-22(12-10-21)27(24,25)18-8-3-2-7-17(18)20/h2-8,13H,9-12,14H2,1H3. The highest BCUT2D eigenvalue weighted by atomic mass is 35.5. The van der Waals surface area contributed by atoms with E-state index in [2.05, 4.69) is 0 Å². The molecule has 2 aromatic carbocycles. The predicted molar refractivity (Wildman–Crippen MR) is 103 cm³/mol. The van der Waals surface area contributed by atoms with Gasteiger partial charge in [0.2, 0.25) is 10.0 Å². The minimum Gasteiger partial charge on any atom is -0.484 e. The number of hydrogen-bond donors (Lipinski definition) is 0. The van der Waals surface area contributed by atoms with Crippen LogP contribution in [-0.4, -0.2) is 56.3 Å². The first-order valence-electron chi connectivity index (χ1n) is 8.60. The van der Waals surface area contributed by atoms with E-state index in [1.54, 1.807) is 29.2 Å². The molecule has 8 heteroatoms. The Bertz CT molecular complexity index is 925. The smallest absolute Gasteiger partial charge is 0.260 e. The van der Waals surface area contributed by atoms with E-state index in [0.29, 0.717) is 18.8 Å². The molecule has 27 heavy (non-hydrogen) atoms. The van der Waals surface area contributed by atoms with Gasteiger partial charge in [0.05, 0.1) is 5.02 Å². The van der Waals surface area contributed by atoms with E-state index >= 15 is 0 Å². The molecule has 1 aliphatic heterocycles. The van der Waals surface area contributed by atoms with Crippen LogP contribution in [0, 0.1) is 6.92 Å². The Balaban J connectivity index is 1.57. The predicted octanol–water partition coefficient (Wildman–Crippen LogP) is 2.56. The molecule has 0 saturated carbocycles. The van der Waals surface area contributed by atoms with Crippen molar-refractivity contribution in [2.75, 3.05) is 32.8 Å². The molecule has 0 aromatic heterocycles. The van der Waals surface area contributed by atoms with Crippen molar-refractivity contribution in [1.82, 2.24) is 9.21 Å². The molecule has 6 nitrogen and oxygen atoms in total. The van der Waals surface area contributed by atoms with Gasteiger partial charge in [-0.25, -0.2) is 8.42 Å². The van der Waals surface area contributed by atoms with E-state index in [0.717, 1.165) is 5.56 Å². The number of aryl methyl sites for hydroxylation is 1. The van der Waals surface area contributed by atoms with Gasteiger partial charge in [-0.15, -0.1) is 0 Å². The molecule has 144 valence electrons. The van der Waals surface area contributed by atoms with Crippen LogP contribution in [0.15, 0.2) is 53.4 Å². The van der Waals surface area contributed by atoms with Crippen molar-refractivity contribution in [3.63, 3.8) is 0 Å². The first-order valence-corrected chi connectivity index (χ1v) is 10.4. The SMILES string of the molecule is Cc1cccc(OCC(=O)N2CCN(S(=O)(=O)c3ccccc3Cl)CC2)c1. The molecule has 1 saturated heterocycles. The highest BCUT2D eigenvalue weighted by molar-refractivity contribution is 7.89. The Hall–Kier alpha value is -2.09. The maximum absolute atomic E-state index is 12.7. The number of ether oxygens (including phenoxy) is 1. The summed E-state index contributed by atoms with van der Waals surface area (Å²) in [4.78, 5) is 14.1. The van der Waals surface area contributed by atoms with Gasteiger partial charge >= 0.3 is 0 Å². The second-order valence-corrected chi connectivity index (χ2v) is 8.63. The van der Waals surface area contributed by atoms with Crippen LogP contribution >= 0.6 is 11.6 Å². The Labute approximate surface area is 164 Å². The second kappa shape index (κ2) is 8.29. The maximum Gasteiger partial charge on any atom is 0.260 e. The summed E-state index contributed by atoms with van der Waals surface area (Å²) in [6.45, 7) is 2.97. The summed E-state index contributed by atoms with van der Waals surface area (Å²) >= 11 is 6.03. The van der Waals surface area contributed by atoms with Crippen LogP contribution in [-0.2, 0) is 14.8 Å². The zero-order chi connectivity index (χ0) is 19.4. The van der Waals surface area contributed by atoms with E-state index in [1.165, 1.54) is 10.4 Å². The van der Waals surface area contributed by atoms with Gasteiger partial charge in [0.1, 0.15) is 10.6 Å². The molecule has 0 unspecified atom stereocenters. The lowest BCUT2D eigenvalue weighted by atomic mass is 10.2. The van der Waals surface area contributed by atoms with Gasteiger partial charge in [0.15, 0.2) is 6.61 Å². The van der Waals surface area contributed by atoms with Gasteiger partial charge in [-0.3, -0.25) is 4.79 Å². The number of benzene rings is 2. The third kappa shape index (κ3) is 4.61. The van der Waals surface area contributed by atoms with E-state index in [4.69, 9.17) is 16.3 Å². The van der Waals surface area contributed by atoms with Crippen molar-refractivity contribution in [2.24, 2.45) is 0 Å². The normalized spacial score (nSPS) is 15.6. The highest BCUT2D eigenvalue weighted by Crippen LogP contribution is 2.25. The number of halogens is 1. The van der Waals surface area contributed by atoms with E-state index in [1.807, 2.05) is 25.1 Å². The zero-order valence-corrected chi connectivity index (χ0v) is 16.5. The first-order chi connectivity index (χ1) is 12.9. The number of nitrogens with zero attached hydrogens (tertiary/aromatic N) is 2. The molecule has 0 atom stereocenters. The van der Waals surface area contributed by atoms with Gasteiger partial charge in [0, 0.05) is 26.2 Å². The summed E-state index contributed by atoms with van der Waals surface area (Å²) in [7, 11) is -3.67. The average molecular weight is 409 g/mol. The molecular weight excluding hydrogens is 388 g/mol. The number of amides is 1. The van der Waals surface area contributed by atoms with Gasteiger partial charge < -0.3 is 9.64 Å². The lowest BCUT2D eigenvalue weighted by Crippen LogP contribution is -2.51. The molecule has 1 fully saturated rings. The third-order valence-electron chi connectivity index (χ3n) is 4.40. The van der Waals surface area contributed by atoms with Crippen LogP contribution in [0.1, 0.15) is 5.56 Å². The fraction of sp³-hybridized carbons (Fsp3) is 0.316. The Morgan fingerprint density at radius 1 is 1.07 bits per heavy atom. The third-order valence-corrected chi connectivity index (χ3v) is 6.80. The lowest BCUT2D eigenvalue weighted by molar-refractivity contribution is -0.134. The topological polar surface area (TPSA) is 66.9 Å². The van der Waals surface area contributed by atoms with Crippen LogP contribution in [0.3, 0.4) is 0 Å². The van der Waals surface area contributed by atoms with E-state index in [9.17, 15) is 13.2 Å². The molecule has 0 bridgehead atoms. The summed E-state index contributed by atoms with van der Waals surface area (Å²) in [6.07, 6.45) is 0. The maximum atomic E-state index is 12.7. The fourth-order valence-electron chi connectivity index (χ4n) is 2.91. The van der Waals surface area contributed by atoms with E-state index < -0.39 is 10.0 Å². The van der Waals surface area contributed by atoms with Crippen LogP contribution < -0.4 is 4.74 Å². The lowest BCUT2D eigenvalue weighted by Gasteiger charge is -2.34. The number of carbonyl (C=O) groups is 1. The summed E-state index contributed by atoms with van der Waals surface area (Å²) < 4.78 is 32.4. The molecule has 0 radical (unpaired) electrons. The van der Waals surface area contributed by atoms with Gasteiger partial charge in [-0.2, -0.15) is 4.31 Å². The number of carbonyl (C=O) groups excluding carboxylic acids is 1. The van der Waals surface area contributed by atoms with Crippen LogP contribution in [0.5, 0.6) is 5.75 Å². The van der Waals surface area contributed by atoms with Crippen molar-refractivity contribution < 1.29 is 17.9 Å². The number of sulfonamides is 1. The fourth-order valence-corrected chi connectivity index (χ4v) is 4.83. The number of hydrogen-bond acceptors (Lipinski definition) is 4. The van der Waals surface area contributed by atoms with Crippen LogP contribution in [0.4, 0.5) is 0 Å². The molecule has 0 spiro atoms. The van der Waals surface area contributed by atoms with Crippen molar-refractivity contribution in [3.8, 4) is 5.75 Å². The van der Waals surface area contributed by atoms with E-state index in [-0.39, 0.29) is 35.5 Å². The van der Waals surface area contributed by atoms with Crippen LogP contribution in [0.2, 0.25) is 5.02 Å². The highest BCUT2D eigenvalue weighted by Gasteiger charge is 2.31. The average Bonchev–Trinajstić information content (AvgIpc) is 2.66. The van der Waals surface area contributed by atoms with Gasteiger partial charge in [0.25, 0.3) is 5.91 Å². The molecule has 0 N–H and O–H groups in total. The van der Waals surface area contributed by atoms with Crippen molar-refractivity contribution in [3.05, 3.63) is 59.1 Å². The molecule has 3 rings (SSSR count). The minimum atomic E-state index is -3.67. The number of rotatable bonds is 5. The summed E-state index contributed by atoms with van der Waals surface area (Å²) in [5.74, 6) is 0.481. The molecule has 1 heterocycles. The van der Waals surface area contributed by atoms with Crippen molar-refractivity contribution >= 4 is 27.5 Å². The van der Waals surface area contributed by atoms with Gasteiger partial charge in [-0.1, -0.05) is 35.9 Å². The zero-order valence-electron chi connectivity index (χ0n) is 15.0. The molecular formula is C19H21ClN2O4S. The largest absolute Gasteiger partial charge is 0.484 e. The molecule has 1 amide bonds. The molecule has 0 aliphatic carbocycles.